The molecule has 1 atom stereocenters. The number of likely N-dealkylation sites (N-methyl/N-ethyl adjacent to an activating group) is 1. The standard InChI is InChI=1S/C12H18FN3O3S.ClH/c1-8(14-2)7-15-12(17)9-4-5-10(13)11(6-9)16-20(3,18)19;/h4-6,8,14,16H,7H2,1-3H3,(H,15,17);1H. The third-order valence-electron chi connectivity index (χ3n) is 2.59. The summed E-state index contributed by atoms with van der Waals surface area (Å²) in [5.74, 6) is -1.14. The van der Waals surface area contributed by atoms with Gasteiger partial charge in [0.2, 0.25) is 10.0 Å². The average Bonchev–Trinajstić information content (AvgIpc) is 2.36. The Hall–Kier alpha value is -1.38. The van der Waals surface area contributed by atoms with Crippen LogP contribution in [-0.4, -0.2) is 40.2 Å². The molecule has 1 amide bonds. The molecule has 1 unspecified atom stereocenters. The van der Waals surface area contributed by atoms with E-state index in [0.717, 1.165) is 18.4 Å². The lowest BCUT2D eigenvalue weighted by Gasteiger charge is -2.12. The highest BCUT2D eigenvalue weighted by Gasteiger charge is 2.12. The number of halogens is 2. The fraction of sp³-hybridized carbons (Fsp3) is 0.417. The smallest absolute Gasteiger partial charge is 0.251 e. The lowest BCUT2D eigenvalue weighted by atomic mass is 10.2. The van der Waals surface area contributed by atoms with Crippen LogP contribution < -0.4 is 15.4 Å². The van der Waals surface area contributed by atoms with Crippen molar-refractivity contribution in [3.05, 3.63) is 29.6 Å². The van der Waals surface area contributed by atoms with Crippen molar-refractivity contribution < 1.29 is 17.6 Å². The molecule has 0 spiro atoms. The SMILES string of the molecule is CNC(C)CNC(=O)c1ccc(F)c(NS(C)(=O)=O)c1.Cl. The number of hydrogen-bond acceptors (Lipinski definition) is 4. The maximum atomic E-state index is 13.5. The Morgan fingerprint density at radius 2 is 2.00 bits per heavy atom. The third-order valence-corrected chi connectivity index (χ3v) is 3.18. The molecular weight excluding hydrogens is 321 g/mol. The minimum absolute atomic E-state index is 0. The number of carbonyl (C=O) groups excluding carboxylic acids is 1. The predicted molar refractivity (Wildman–Crippen MR) is 83.0 cm³/mol. The van der Waals surface area contributed by atoms with Crippen LogP contribution in [0.5, 0.6) is 0 Å². The molecule has 0 saturated heterocycles. The molecule has 0 bridgehead atoms. The second-order valence-electron chi connectivity index (χ2n) is 4.47. The summed E-state index contributed by atoms with van der Waals surface area (Å²) in [5.41, 5.74) is -0.0670. The molecule has 0 aliphatic rings. The lowest BCUT2D eigenvalue weighted by molar-refractivity contribution is 0.0950. The molecule has 0 aliphatic heterocycles. The Morgan fingerprint density at radius 3 is 2.52 bits per heavy atom. The molecular formula is C12H19ClFN3O3S. The molecule has 1 aromatic carbocycles. The van der Waals surface area contributed by atoms with Crippen LogP contribution >= 0.6 is 12.4 Å². The number of nitrogens with one attached hydrogen (secondary N) is 3. The summed E-state index contributed by atoms with van der Waals surface area (Å²) < 4.78 is 37.7. The average molecular weight is 340 g/mol. The first-order valence-electron chi connectivity index (χ1n) is 5.95. The van der Waals surface area contributed by atoms with Crippen molar-refractivity contribution in [1.29, 1.82) is 0 Å². The topological polar surface area (TPSA) is 87.3 Å². The van der Waals surface area contributed by atoms with Gasteiger partial charge in [-0.3, -0.25) is 9.52 Å². The van der Waals surface area contributed by atoms with E-state index in [1.807, 2.05) is 11.6 Å². The van der Waals surface area contributed by atoms with Crippen LogP contribution in [0.1, 0.15) is 17.3 Å². The Bertz CT molecular complexity index is 595. The fourth-order valence-corrected chi connectivity index (χ4v) is 1.95. The van der Waals surface area contributed by atoms with Gasteiger partial charge in [0, 0.05) is 18.2 Å². The predicted octanol–water partition coefficient (Wildman–Crippen LogP) is 0.957. The van der Waals surface area contributed by atoms with Crippen molar-refractivity contribution in [1.82, 2.24) is 10.6 Å². The van der Waals surface area contributed by atoms with E-state index in [2.05, 4.69) is 10.6 Å². The highest BCUT2D eigenvalue weighted by atomic mass is 35.5. The summed E-state index contributed by atoms with van der Waals surface area (Å²) in [6, 6.07) is 3.59. The summed E-state index contributed by atoms with van der Waals surface area (Å²) in [6.45, 7) is 2.29. The van der Waals surface area contributed by atoms with E-state index in [4.69, 9.17) is 0 Å². The molecule has 0 saturated carbocycles. The van der Waals surface area contributed by atoms with Crippen LogP contribution in [0.25, 0.3) is 0 Å². The number of rotatable bonds is 6. The molecule has 0 aliphatic carbocycles. The molecule has 0 radical (unpaired) electrons. The van der Waals surface area contributed by atoms with E-state index >= 15 is 0 Å². The van der Waals surface area contributed by atoms with E-state index in [1.54, 1.807) is 7.05 Å². The number of amides is 1. The lowest BCUT2D eigenvalue weighted by Crippen LogP contribution is -2.37. The molecule has 3 N–H and O–H groups in total. The van der Waals surface area contributed by atoms with E-state index < -0.39 is 21.7 Å². The molecule has 1 aromatic rings. The van der Waals surface area contributed by atoms with E-state index in [-0.39, 0.29) is 29.7 Å². The Kier molecular flexibility index (Phi) is 7.62. The molecule has 1 rings (SSSR count). The Balaban J connectivity index is 0.00000400. The molecule has 9 heteroatoms. The fourth-order valence-electron chi connectivity index (χ4n) is 1.39. The van der Waals surface area contributed by atoms with Gasteiger partial charge in [-0.2, -0.15) is 0 Å². The first-order valence-corrected chi connectivity index (χ1v) is 7.85. The summed E-state index contributed by atoms with van der Waals surface area (Å²) in [6.07, 6.45) is 0.910. The van der Waals surface area contributed by atoms with Crippen LogP contribution in [-0.2, 0) is 10.0 Å². The van der Waals surface area contributed by atoms with Crippen molar-refractivity contribution in [3.63, 3.8) is 0 Å². The van der Waals surface area contributed by atoms with Crippen molar-refractivity contribution in [2.45, 2.75) is 13.0 Å². The highest BCUT2D eigenvalue weighted by molar-refractivity contribution is 7.92. The molecule has 6 nitrogen and oxygen atoms in total. The molecule has 0 aromatic heterocycles. The van der Waals surface area contributed by atoms with Crippen LogP contribution in [0, 0.1) is 5.82 Å². The van der Waals surface area contributed by atoms with Gasteiger partial charge in [-0.05, 0) is 32.2 Å². The van der Waals surface area contributed by atoms with Gasteiger partial charge in [0.1, 0.15) is 5.82 Å². The van der Waals surface area contributed by atoms with Crippen LogP contribution in [0.2, 0.25) is 0 Å². The zero-order chi connectivity index (χ0) is 15.3. The minimum Gasteiger partial charge on any atom is -0.350 e. The van der Waals surface area contributed by atoms with Gasteiger partial charge in [0.25, 0.3) is 5.91 Å². The number of hydrogen-bond donors (Lipinski definition) is 3. The first-order chi connectivity index (χ1) is 9.23. The Morgan fingerprint density at radius 1 is 1.38 bits per heavy atom. The first kappa shape index (κ1) is 19.6. The molecule has 0 heterocycles. The normalized spacial score (nSPS) is 12.2. The largest absolute Gasteiger partial charge is 0.350 e. The van der Waals surface area contributed by atoms with E-state index in [0.29, 0.717) is 6.54 Å². The zero-order valence-corrected chi connectivity index (χ0v) is 13.6. The Labute approximate surface area is 130 Å². The minimum atomic E-state index is -3.60. The van der Waals surface area contributed by atoms with E-state index in [9.17, 15) is 17.6 Å². The second kappa shape index (κ2) is 8.16. The maximum absolute atomic E-state index is 13.5. The number of anilines is 1. The number of carbonyl (C=O) groups is 1. The van der Waals surface area contributed by atoms with Gasteiger partial charge in [-0.1, -0.05) is 0 Å². The second-order valence-corrected chi connectivity index (χ2v) is 6.22. The van der Waals surface area contributed by atoms with Crippen LogP contribution in [0.4, 0.5) is 10.1 Å². The van der Waals surface area contributed by atoms with Gasteiger partial charge < -0.3 is 10.6 Å². The van der Waals surface area contributed by atoms with E-state index in [1.165, 1.54) is 6.07 Å². The summed E-state index contributed by atoms with van der Waals surface area (Å²) in [4.78, 5) is 11.9. The number of sulfonamides is 1. The summed E-state index contributed by atoms with van der Waals surface area (Å²) >= 11 is 0. The quantitative estimate of drug-likeness (QED) is 0.720. The molecule has 120 valence electrons. The molecule has 0 fully saturated rings. The van der Waals surface area contributed by atoms with Gasteiger partial charge >= 0.3 is 0 Å². The summed E-state index contributed by atoms with van der Waals surface area (Å²) in [7, 11) is -1.84. The van der Waals surface area contributed by atoms with Crippen molar-refractivity contribution in [2.24, 2.45) is 0 Å². The number of benzene rings is 1. The monoisotopic (exact) mass is 339 g/mol. The summed E-state index contributed by atoms with van der Waals surface area (Å²) in [5, 5.41) is 5.61. The molecule has 21 heavy (non-hydrogen) atoms. The van der Waals surface area contributed by atoms with Gasteiger partial charge in [-0.25, -0.2) is 12.8 Å². The van der Waals surface area contributed by atoms with Crippen LogP contribution in [0.15, 0.2) is 18.2 Å². The van der Waals surface area contributed by atoms with Gasteiger partial charge in [0.15, 0.2) is 0 Å². The van der Waals surface area contributed by atoms with Gasteiger partial charge in [0.05, 0.1) is 11.9 Å². The highest BCUT2D eigenvalue weighted by Crippen LogP contribution is 2.17. The zero-order valence-electron chi connectivity index (χ0n) is 11.9. The third kappa shape index (κ3) is 6.74. The van der Waals surface area contributed by atoms with Crippen molar-refractivity contribution in [3.8, 4) is 0 Å². The van der Waals surface area contributed by atoms with Crippen LogP contribution in [0.3, 0.4) is 0 Å². The van der Waals surface area contributed by atoms with Crippen molar-refractivity contribution in [2.75, 3.05) is 24.6 Å². The van der Waals surface area contributed by atoms with Gasteiger partial charge in [-0.15, -0.1) is 12.4 Å². The van der Waals surface area contributed by atoms with Crippen molar-refractivity contribution >= 4 is 34.0 Å². The maximum Gasteiger partial charge on any atom is 0.251 e.